The number of piperidine rings is 1. The van der Waals surface area contributed by atoms with Crippen molar-refractivity contribution in [2.45, 2.75) is 56.1 Å². The van der Waals surface area contributed by atoms with Crippen LogP contribution in [0.1, 0.15) is 43.6 Å². The summed E-state index contributed by atoms with van der Waals surface area (Å²) in [6.07, 6.45) is 6.50. The normalized spacial score (nSPS) is 27.5. The predicted octanol–water partition coefficient (Wildman–Crippen LogP) is 3.71. The van der Waals surface area contributed by atoms with Gasteiger partial charge < -0.3 is 15.5 Å². The first-order valence-electron chi connectivity index (χ1n) is 9.22. The summed E-state index contributed by atoms with van der Waals surface area (Å²) in [6.45, 7) is 2.48. The van der Waals surface area contributed by atoms with Crippen LogP contribution < -0.4 is 10.6 Å². The van der Waals surface area contributed by atoms with Gasteiger partial charge in [0.2, 0.25) is 0 Å². The first-order valence-corrected chi connectivity index (χ1v) is 10.0. The van der Waals surface area contributed by atoms with E-state index in [1.54, 1.807) is 0 Å². The van der Waals surface area contributed by atoms with E-state index in [9.17, 15) is 0 Å². The van der Waals surface area contributed by atoms with Crippen molar-refractivity contribution >= 4 is 45.9 Å². The monoisotopic (exact) mass is 518 g/mol. The summed E-state index contributed by atoms with van der Waals surface area (Å²) in [4.78, 5) is 7.11. The number of nitrogens with zero attached hydrogens (tertiary/aromatic N) is 2. The Morgan fingerprint density at radius 3 is 2.36 bits per heavy atom. The lowest BCUT2D eigenvalue weighted by molar-refractivity contribution is 0.197. The molecular weight excluding hydrogens is 491 g/mol. The second-order valence-corrected chi connectivity index (χ2v) is 8.32. The molecule has 1 heterocycles. The molecule has 0 bridgehead atoms. The number of aliphatic imine (C=N–C) groups is 1. The molecule has 3 aliphatic rings. The van der Waals surface area contributed by atoms with Crippen LogP contribution in [-0.4, -0.2) is 49.1 Å². The Hall–Kier alpha value is -0.340. The Morgan fingerprint density at radius 1 is 1.08 bits per heavy atom. The van der Waals surface area contributed by atoms with Crippen molar-refractivity contribution in [2.75, 3.05) is 20.1 Å². The van der Waals surface area contributed by atoms with Crippen LogP contribution >= 0.6 is 39.9 Å². The molecule has 2 atom stereocenters. The molecule has 2 aliphatic carbocycles. The Labute approximate surface area is 176 Å². The van der Waals surface area contributed by atoms with Crippen molar-refractivity contribution in [1.82, 2.24) is 15.5 Å². The second-order valence-electron chi connectivity index (χ2n) is 7.40. The van der Waals surface area contributed by atoms with Crippen LogP contribution in [0.15, 0.2) is 33.7 Å². The molecule has 2 unspecified atom stereocenters. The molecule has 25 heavy (non-hydrogen) atoms. The van der Waals surface area contributed by atoms with Gasteiger partial charge in [0.05, 0.1) is 0 Å². The highest BCUT2D eigenvalue weighted by Crippen LogP contribution is 2.41. The summed E-state index contributed by atoms with van der Waals surface area (Å²) in [5.41, 5.74) is 1.42. The molecule has 0 radical (unpaired) electrons. The minimum absolute atomic E-state index is 0. The van der Waals surface area contributed by atoms with Gasteiger partial charge in [-0.3, -0.25) is 4.99 Å². The highest BCUT2D eigenvalue weighted by Gasteiger charge is 2.39. The SMILES string of the molecule is CN=C(NC1CCN(C2CC2)CC1)NC1CC1c1ccc(Br)cc1.I. The van der Waals surface area contributed by atoms with Gasteiger partial charge in [0, 0.05) is 48.7 Å². The number of hydrogen-bond acceptors (Lipinski definition) is 2. The summed E-state index contributed by atoms with van der Waals surface area (Å²) >= 11 is 3.51. The minimum Gasteiger partial charge on any atom is -0.354 e. The molecule has 4 rings (SSSR count). The van der Waals surface area contributed by atoms with Crippen LogP contribution in [-0.2, 0) is 0 Å². The van der Waals surface area contributed by atoms with Crippen molar-refractivity contribution in [3.8, 4) is 0 Å². The van der Waals surface area contributed by atoms with E-state index in [1.807, 2.05) is 7.05 Å². The number of rotatable bonds is 4. The third kappa shape index (κ3) is 5.10. The molecule has 6 heteroatoms. The fourth-order valence-corrected chi connectivity index (χ4v) is 4.09. The van der Waals surface area contributed by atoms with E-state index in [0.717, 1.165) is 16.5 Å². The average molecular weight is 519 g/mol. The van der Waals surface area contributed by atoms with Gasteiger partial charge in [-0.1, -0.05) is 28.1 Å². The van der Waals surface area contributed by atoms with Crippen molar-refractivity contribution < 1.29 is 0 Å². The van der Waals surface area contributed by atoms with Gasteiger partial charge in [0.25, 0.3) is 0 Å². The molecule has 3 fully saturated rings. The van der Waals surface area contributed by atoms with Crippen molar-refractivity contribution in [3.05, 3.63) is 34.3 Å². The van der Waals surface area contributed by atoms with Crippen LogP contribution in [0.3, 0.4) is 0 Å². The van der Waals surface area contributed by atoms with Crippen molar-refractivity contribution in [1.29, 1.82) is 0 Å². The highest BCUT2D eigenvalue weighted by atomic mass is 127. The first-order chi connectivity index (χ1) is 11.7. The van der Waals surface area contributed by atoms with Crippen LogP contribution in [0.2, 0.25) is 0 Å². The molecule has 2 saturated carbocycles. The van der Waals surface area contributed by atoms with E-state index in [2.05, 4.69) is 60.7 Å². The van der Waals surface area contributed by atoms with Crippen LogP contribution in [0.25, 0.3) is 0 Å². The third-order valence-electron chi connectivity index (χ3n) is 5.57. The van der Waals surface area contributed by atoms with Gasteiger partial charge in [0.15, 0.2) is 5.96 Å². The number of hydrogen-bond donors (Lipinski definition) is 2. The van der Waals surface area contributed by atoms with Gasteiger partial charge in [-0.15, -0.1) is 24.0 Å². The molecule has 2 N–H and O–H groups in total. The number of nitrogens with one attached hydrogen (secondary N) is 2. The first kappa shape index (κ1) is 19.4. The lowest BCUT2D eigenvalue weighted by atomic mass is 10.1. The lowest BCUT2D eigenvalue weighted by Gasteiger charge is -2.33. The standard InChI is InChI=1S/C19H27BrN4.HI/c1-21-19(22-15-8-10-24(11-9-15)16-6-7-16)23-18-12-17(18)13-2-4-14(20)5-3-13;/h2-5,15-18H,6-12H2,1H3,(H2,21,22,23);1H. The Bertz CT molecular complexity index is 594. The molecule has 1 aliphatic heterocycles. The molecular formula is C19H28BrIN4. The molecule has 1 saturated heterocycles. The van der Waals surface area contributed by atoms with Gasteiger partial charge in [0.1, 0.15) is 0 Å². The van der Waals surface area contributed by atoms with Gasteiger partial charge in [-0.05, 0) is 49.8 Å². The van der Waals surface area contributed by atoms with Gasteiger partial charge in [-0.25, -0.2) is 0 Å². The fourth-order valence-electron chi connectivity index (χ4n) is 3.82. The van der Waals surface area contributed by atoms with Crippen molar-refractivity contribution in [2.24, 2.45) is 4.99 Å². The predicted molar refractivity (Wildman–Crippen MR) is 118 cm³/mol. The number of guanidine groups is 1. The number of halogens is 2. The summed E-state index contributed by atoms with van der Waals surface area (Å²) < 4.78 is 1.14. The Balaban J connectivity index is 0.00000182. The van der Waals surface area contributed by atoms with Crippen LogP contribution in [0.4, 0.5) is 0 Å². The van der Waals surface area contributed by atoms with E-state index >= 15 is 0 Å². The van der Waals surface area contributed by atoms with E-state index in [1.165, 1.54) is 50.8 Å². The maximum absolute atomic E-state index is 4.44. The summed E-state index contributed by atoms with van der Waals surface area (Å²) in [5.74, 6) is 1.60. The number of likely N-dealkylation sites (tertiary alicyclic amines) is 1. The maximum atomic E-state index is 4.44. The smallest absolute Gasteiger partial charge is 0.191 e. The van der Waals surface area contributed by atoms with E-state index in [-0.39, 0.29) is 24.0 Å². The number of benzene rings is 1. The molecule has 4 nitrogen and oxygen atoms in total. The molecule has 1 aromatic carbocycles. The average Bonchev–Trinajstić information content (AvgIpc) is 3.50. The Morgan fingerprint density at radius 2 is 1.76 bits per heavy atom. The largest absolute Gasteiger partial charge is 0.354 e. The summed E-state index contributed by atoms with van der Waals surface area (Å²) in [7, 11) is 1.88. The topological polar surface area (TPSA) is 39.7 Å². The molecule has 0 aromatic heterocycles. The summed E-state index contributed by atoms with van der Waals surface area (Å²) in [6, 6.07) is 10.7. The zero-order chi connectivity index (χ0) is 16.5. The third-order valence-corrected chi connectivity index (χ3v) is 6.10. The second kappa shape index (κ2) is 8.57. The van der Waals surface area contributed by atoms with Crippen LogP contribution in [0.5, 0.6) is 0 Å². The van der Waals surface area contributed by atoms with E-state index in [4.69, 9.17) is 0 Å². The van der Waals surface area contributed by atoms with E-state index < -0.39 is 0 Å². The highest BCUT2D eigenvalue weighted by molar-refractivity contribution is 14.0. The van der Waals surface area contributed by atoms with Crippen LogP contribution in [0, 0.1) is 0 Å². The molecule has 1 aromatic rings. The van der Waals surface area contributed by atoms with Gasteiger partial charge in [-0.2, -0.15) is 0 Å². The van der Waals surface area contributed by atoms with Gasteiger partial charge >= 0.3 is 0 Å². The molecule has 0 amide bonds. The summed E-state index contributed by atoms with van der Waals surface area (Å²) in [5, 5.41) is 7.25. The zero-order valence-electron chi connectivity index (χ0n) is 14.7. The molecule has 138 valence electrons. The maximum Gasteiger partial charge on any atom is 0.191 e. The van der Waals surface area contributed by atoms with E-state index in [0.29, 0.717) is 18.0 Å². The fraction of sp³-hybridized carbons (Fsp3) is 0.632. The lowest BCUT2D eigenvalue weighted by Crippen LogP contribution is -2.49. The zero-order valence-corrected chi connectivity index (χ0v) is 18.7. The quantitative estimate of drug-likeness (QED) is 0.362. The minimum atomic E-state index is 0. The Kier molecular flexibility index (Phi) is 6.65. The van der Waals surface area contributed by atoms with Crippen molar-refractivity contribution in [3.63, 3.8) is 0 Å². The molecule has 0 spiro atoms.